The van der Waals surface area contributed by atoms with Crippen LogP contribution in [0.3, 0.4) is 0 Å². The van der Waals surface area contributed by atoms with Gasteiger partial charge in [-0.2, -0.15) is 0 Å². The van der Waals surface area contributed by atoms with Gasteiger partial charge in [0.1, 0.15) is 0 Å². The molecule has 1 amide bonds. The number of aliphatic carboxylic acids is 1. The van der Waals surface area contributed by atoms with Crippen LogP contribution in [0.5, 0.6) is 0 Å². The summed E-state index contributed by atoms with van der Waals surface area (Å²) >= 11 is 0. The molecule has 0 aromatic heterocycles. The average molecular weight is 327 g/mol. The highest BCUT2D eigenvalue weighted by Gasteiger charge is 2.26. The molecule has 2 N–H and O–H groups in total. The van der Waals surface area contributed by atoms with Gasteiger partial charge in [-0.1, -0.05) is 19.1 Å². The molecule has 0 bridgehead atoms. The number of hydrogen-bond acceptors (Lipinski definition) is 3. The Labute approximate surface area is 137 Å². The molecule has 0 aliphatic carbocycles. The lowest BCUT2D eigenvalue weighted by molar-refractivity contribution is -0.144. The number of carbonyl (C=O) groups excluding carboxylic acids is 1. The number of nitrogens with zero attached hydrogens (tertiary/aromatic N) is 1. The third kappa shape index (κ3) is 5.31. The van der Waals surface area contributed by atoms with Crippen molar-refractivity contribution in [2.24, 2.45) is 5.92 Å². The summed E-state index contributed by atoms with van der Waals surface area (Å²) in [6, 6.07) is 7.79. The summed E-state index contributed by atoms with van der Waals surface area (Å²) in [4.78, 5) is 24.9. The molecule has 6 heteroatoms. The average Bonchev–Trinajstić information content (AvgIpc) is 2.48. The molecule has 1 saturated heterocycles. The van der Waals surface area contributed by atoms with E-state index >= 15 is 0 Å². The number of halogens is 1. The molecule has 1 aromatic rings. The van der Waals surface area contributed by atoms with E-state index in [2.05, 4.69) is 12.2 Å². The molecule has 1 atom stereocenters. The highest BCUT2D eigenvalue weighted by atomic mass is 35.5. The van der Waals surface area contributed by atoms with Crippen molar-refractivity contribution in [3.05, 3.63) is 29.8 Å². The van der Waals surface area contributed by atoms with Gasteiger partial charge in [0.15, 0.2) is 0 Å². The van der Waals surface area contributed by atoms with Crippen LogP contribution in [0.15, 0.2) is 24.3 Å². The second-order valence-corrected chi connectivity index (χ2v) is 5.51. The Hall–Kier alpha value is -1.59. The maximum atomic E-state index is 12.0. The molecule has 1 unspecified atom stereocenters. The summed E-state index contributed by atoms with van der Waals surface area (Å²) in [5.41, 5.74) is 2.01. The van der Waals surface area contributed by atoms with Crippen molar-refractivity contribution in [2.75, 3.05) is 25.0 Å². The number of anilines is 1. The molecule has 0 saturated carbocycles. The second kappa shape index (κ2) is 8.76. The van der Waals surface area contributed by atoms with Gasteiger partial charge in [-0.15, -0.1) is 12.4 Å². The molecule has 1 aliphatic rings. The molecule has 1 heterocycles. The molecule has 5 nitrogen and oxygen atoms in total. The zero-order valence-electron chi connectivity index (χ0n) is 12.7. The number of carboxylic acid groups (broad SMARTS) is 1. The van der Waals surface area contributed by atoms with Gasteiger partial charge in [0.25, 0.3) is 0 Å². The number of benzene rings is 1. The lowest BCUT2D eigenvalue weighted by Gasteiger charge is -2.29. The predicted molar refractivity (Wildman–Crippen MR) is 88.5 cm³/mol. The van der Waals surface area contributed by atoms with Crippen LogP contribution in [-0.2, 0) is 16.0 Å². The summed E-state index contributed by atoms with van der Waals surface area (Å²) < 4.78 is 0. The largest absolute Gasteiger partial charge is 0.481 e. The highest BCUT2D eigenvalue weighted by molar-refractivity contribution is 5.92. The standard InChI is InChI=1S/C16H22N2O3.ClH/c1-2-12-5-7-14(8-6-12)17-15(19)11-18-9-3-4-13(10-18)16(20)21;/h5-8,13H,2-4,9-11H2,1H3,(H,17,19)(H,20,21);1H. The smallest absolute Gasteiger partial charge is 0.307 e. The van der Waals surface area contributed by atoms with Crippen LogP contribution in [-0.4, -0.2) is 41.5 Å². The highest BCUT2D eigenvalue weighted by Crippen LogP contribution is 2.16. The Bertz CT molecular complexity index is 505. The molecule has 1 aromatic carbocycles. The first-order valence-electron chi connectivity index (χ1n) is 7.42. The van der Waals surface area contributed by atoms with Gasteiger partial charge >= 0.3 is 5.97 Å². The van der Waals surface area contributed by atoms with Gasteiger partial charge in [0, 0.05) is 12.2 Å². The van der Waals surface area contributed by atoms with Crippen molar-refractivity contribution in [1.29, 1.82) is 0 Å². The monoisotopic (exact) mass is 326 g/mol. The minimum Gasteiger partial charge on any atom is -0.481 e. The molecule has 1 fully saturated rings. The zero-order valence-corrected chi connectivity index (χ0v) is 13.6. The van der Waals surface area contributed by atoms with E-state index in [9.17, 15) is 9.59 Å². The van der Waals surface area contributed by atoms with Crippen molar-refractivity contribution in [2.45, 2.75) is 26.2 Å². The van der Waals surface area contributed by atoms with Crippen LogP contribution in [0.4, 0.5) is 5.69 Å². The van der Waals surface area contributed by atoms with Gasteiger partial charge in [-0.3, -0.25) is 14.5 Å². The van der Waals surface area contributed by atoms with Gasteiger partial charge in [-0.05, 0) is 43.5 Å². The lowest BCUT2D eigenvalue weighted by Crippen LogP contribution is -2.42. The summed E-state index contributed by atoms with van der Waals surface area (Å²) in [7, 11) is 0. The molecule has 1 aliphatic heterocycles. The van der Waals surface area contributed by atoms with Crippen LogP contribution in [0.25, 0.3) is 0 Å². The molecule has 0 radical (unpaired) electrons. The first kappa shape index (κ1) is 18.5. The molecule has 22 heavy (non-hydrogen) atoms. The molecule has 122 valence electrons. The Morgan fingerprint density at radius 1 is 1.32 bits per heavy atom. The van der Waals surface area contributed by atoms with E-state index in [0.29, 0.717) is 13.0 Å². The van der Waals surface area contributed by atoms with Crippen LogP contribution >= 0.6 is 12.4 Å². The van der Waals surface area contributed by atoms with Crippen LogP contribution < -0.4 is 5.32 Å². The van der Waals surface area contributed by atoms with Crippen LogP contribution in [0.2, 0.25) is 0 Å². The number of carbonyl (C=O) groups is 2. The Kier molecular flexibility index (Phi) is 7.35. The van der Waals surface area contributed by atoms with Gasteiger partial charge in [-0.25, -0.2) is 0 Å². The number of aryl methyl sites for hydroxylation is 1. The van der Waals surface area contributed by atoms with Crippen molar-refractivity contribution in [3.63, 3.8) is 0 Å². The Morgan fingerprint density at radius 3 is 2.59 bits per heavy atom. The maximum absolute atomic E-state index is 12.0. The third-order valence-electron chi connectivity index (χ3n) is 3.87. The fourth-order valence-electron chi connectivity index (χ4n) is 2.63. The summed E-state index contributed by atoms with van der Waals surface area (Å²) in [5.74, 6) is -1.21. The molecular formula is C16H23ClN2O3. The number of hydrogen-bond donors (Lipinski definition) is 2. The second-order valence-electron chi connectivity index (χ2n) is 5.51. The first-order chi connectivity index (χ1) is 10.1. The van der Waals surface area contributed by atoms with E-state index in [4.69, 9.17) is 5.11 Å². The first-order valence-corrected chi connectivity index (χ1v) is 7.42. The quantitative estimate of drug-likeness (QED) is 0.871. The number of likely N-dealkylation sites (tertiary alicyclic amines) is 1. The van der Waals surface area contributed by atoms with Gasteiger partial charge < -0.3 is 10.4 Å². The van der Waals surface area contributed by atoms with Crippen LogP contribution in [0.1, 0.15) is 25.3 Å². The molecule has 0 spiro atoms. The third-order valence-corrected chi connectivity index (χ3v) is 3.87. The summed E-state index contributed by atoms with van der Waals surface area (Å²) in [6.45, 7) is 3.58. The number of nitrogens with one attached hydrogen (secondary N) is 1. The fourth-order valence-corrected chi connectivity index (χ4v) is 2.63. The maximum Gasteiger partial charge on any atom is 0.307 e. The fraction of sp³-hybridized carbons (Fsp3) is 0.500. The Balaban J connectivity index is 0.00000242. The SMILES string of the molecule is CCc1ccc(NC(=O)CN2CCCC(C(=O)O)C2)cc1.Cl. The number of amides is 1. The predicted octanol–water partition coefficient (Wildman–Crippen LogP) is 2.41. The lowest BCUT2D eigenvalue weighted by atomic mass is 9.98. The van der Waals surface area contributed by atoms with Crippen molar-refractivity contribution in [1.82, 2.24) is 4.90 Å². The van der Waals surface area contributed by atoms with Gasteiger partial charge in [0.05, 0.1) is 12.5 Å². The van der Waals surface area contributed by atoms with E-state index in [1.165, 1.54) is 5.56 Å². The van der Waals surface area contributed by atoms with E-state index in [1.54, 1.807) is 0 Å². The topological polar surface area (TPSA) is 69.6 Å². The number of piperidine rings is 1. The minimum atomic E-state index is -0.768. The Morgan fingerprint density at radius 2 is 2.00 bits per heavy atom. The van der Waals surface area contributed by atoms with Crippen molar-refractivity contribution < 1.29 is 14.7 Å². The summed E-state index contributed by atoms with van der Waals surface area (Å²) in [6.07, 6.45) is 2.50. The molecule has 2 rings (SSSR count). The summed E-state index contributed by atoms with van der Waals surface area (Å²) in [5, 5.41) is 11.9. The van der Waals surface area contributed by atoms with E-state index in [-0.39, 0.29) is 30.8 Å². The van der Waals surface area contributed by atoms with Crippen LogP contribution in [0, 0.1) is 5.92 Å². The molecular weight excluding hydrogens is 304 g/mol. The number of rotatable bonds is 5. The zero-order chi connectivity index (χ0) is 15.2. The van der Waals surface area contributed by atoms with E-state index in [0.717, 1.165) is 25.1 Å². The van der Waals surface area contributed by atoms with E-state index in [1.807, 2.05) is 29.2 Å². The van der Waals surface area contributed by atoms with Gasteiger partial charge in [0.2, 0.25) is 5.91 Å². The van der Waals surface area contributed by atoms with E-state index < -0.39 is 5.97 Å². The van der Waals surface area contributed by atoms with Crippen molar-refractivity contribution >= 4 is 30.0 Å². The normalized spacial score (nSPS) is 18.3. The minimum absolute atomic E-state index is 0. The van der Waals surface area contributed by atoms with Crippen molar-refractivity contribution in [3.8, 4) is 0 Å². The number of carboxylic acids is 1.